The topological polar surface area (TPSA) is 76.4 Å². The van der Waals surface area contributed by atoms with Gasteiger partial charge in [0.1, 0.15) is 6.26 Å². The van der Waals surface area contributed by atoms with E-state index >= 15 is 0 Å². The molecular weight excluding hydrogens is 400 g/mol. The number of H-pyrrole nitrogens is 1. The largest absolute Gasteiger partial charge is 0.461 e. The molecular formula is C26H24N4O2. The average molecular weight is 425 g/mol. The predicted molar refractivity (Wildman–Crippen MR) is 128 cm³/mol. The number of anilines is 3. The summed E-state index contributed by atoms with van der Waals surface area (Å²) in [7, 11) is 2.02. The molecule has 1 aliphatic heterocycles. The number of aromatic nitrogens is 2. The Morgan fingerprint density at radius 2 is 1.91 bits per heavy atom. The van der Waals surface area contributed by atoms with Crippen LogP contribution < -0.4 is 10.6 Å². The van der Waals surface area contributed by atoms with Crippen LogP contribution in [0.4, 0.5) is 17.1 Å². The summed E-state index contributed by atoms with van der Waals surface area (Å²) < 4.78 is 11.0. The standard InChI is InChI=1S/C26H24N4O2/c1-30(21-9-5-8-20(27)14-21)22-10-11-23-24(28-29-25(23)15-22)13-19(26-16-31-17-32-26)12-18-6-3-2-4-7-18/h2-11,13-16H,12,17,27H2,1H3,(H,28,29). The van der Waals surface area contributed by atoms with Crippen molar-refractivity contribution in [2.75, 3.05) is 24.5 Å². The van der Waals surface area contributed by atoms with Gasteiger partial charge in [0.25, 0.3) is 0 Å². The van der Waals surface area contributed by atoms with Crippen LogP contribution in [-0.2, 0) is 15.9 Å². The molecule has 0 saturated heterocycles. The molecule has 0 radical (unpaired) electrons. The second kappa shape index (κ2) is 8.51. The number of nitrogens with one attached hydrogen (secondary N) is 1. The third-order valence-corrected chi connectivity index (χ3v) is 5.56. The summed E-state index contributed by atoms with van der Waals surface area (Å²) in [4.78, 5) is 2.10. The first kappa shape index (κ1) is 19.8. The number of allylic oxidation sites excluding steroid dienone is 1. The molecule has 2 heterocycles. The lowest BCUT2D eigenvalue weighted by Crippen LogP contribution is -2.09. The van der Waals surface area contributed by atoms with E-state index in [0.29, 0.717) is 0 Å². The summed E-state index contributed by atoms with van der Waals surface area (Å²) in [5, 5.41) is 8.78. The molecule has 0 aliphatic carbocycles. The zero-order valence-electron chi connectivity index (χ0n) is 17.8. The molecule has 0 saturated carbocycles. The minimum atomic E-state index is 0.239. The molecule has 6 heteroatoms. The van der Waals surface area contributed by atoms with Crippen LogP contribution in [0.3, 0.4) is 0 Å². The van der Waals surface area contributed by atoms with Gasteiger partial charge in [0.05, 0.1) is 11.2 Å². The number of nitrogens with zero attached hydrogens (tertiary/aromatic N) is 2. The van der Waals surface area contributed by atoms with Crippen LogP contribution in [0, 0.1) is 0 Å². The van der Waals surface area contributed by atoms with Crippen molar-refractivity contribution in [3.05, 3.63) is 102 Å². The molecule has 0 fully saturated rings. The SMILES string of the molecule is CN(c1cccc(N)c1)c1ccc2c(C=C(Cc3ccccc3)C3=COCO3)n[nH]c2c1. The number of hydrogen-bond donors (Lipinski definition) is 2. The molecule has 3 aromatic carbocycles. The maximum Gasteiger partial charge on any atom is 0.230 e. The first-order valence-corrected chi connectivity index (χ1v) is 10.4. The van der Waals surface area contributed by atoms with Crippen molar-refractivity contribution in [2.24, 2.45) is 0 Å². The van der Waals surface area contributed by atoms with Gasteiger partial charge in [-0.05, 0) is 48.0 Å². The van der Waals surface area contributed by atoms with Crippen LogP contribution in [0.1, 0.15) is 11.3 Å². The van der Waals surface area contributed by atoms with Crippen LogP contribution in [0.5, 0.6) is 0 Å². The fourth-order valence-electron chi connectivity index (χ4n) is 3.83. The van der Waals surface area contributed by atoms with Gasteiger partial charge in [0.15, 0.2) is 5.76 Å². The molecule has 0 atom stereocenters. The van der Waals surface area contributed by atoms with Crippen molar-refractivity contribution in [1.29, 1.82) is 0 Å². The van der Waals surface area contributed by atoms with Gasteiger partial charge in [0, 0.05) is 41.5 Å². The number of aromatic amines is 1. The zero-order chi connectivity index (χ0) is 21.9. The van der Waals surface area contributed by atoms with E-state index in [0.717, 1.165) is 51.4 Å². The molecule has 32 heavy (non-hydrogen) atoms. The highest BCUT2D eigenvalue weighted by molar-refractivity contribution is 5.90. The van der Waals surface area contributed by atoms with Crippen molar-refractivity contribution in [3.8, 4) is 0 Å². The van der Waals surface area contributed by atoms with Gasteiger partial charge in [-0.2, -0.15) is 5.10 Å². The highest BCUT2D eigenvalue weighted by atomic mass is 16.7. The van der Waals surface area contributed by atoms with Crippen molar-refractivity contribution in [2.45, 2.75) is 6.42 Å². The quantitative estimate of drug-likeness (QED) is 0.406. The minimum absolute atomic E-state index is 0.239. The Hall–Kier alpha value is -4.19. The molecule has 3 N–H and O–H groups in total. The van der Waals surface area contributed by atoms with E-state index in [1.807, 2.05) is 49.5 Å². The van der Waals surface area contributed by atoms with Crippen LogP contribution in [0.25, 0.3) is 17.0 Å². The van der Waals surface area contributed by atoms with E-state index < -0.39 is 0 Å². The molecule has 0 unspecified atom stereocenters. The minimum Gasteiger partial charge on any atom is -0.461 e. The molecule has 4 aromatic rings. The number of fused-ring (bicyclic) bond motifs is 1. The second-order valence-corrected chi connectivity index (χ2v) is 7.74. The zero-order valence-corrected chi connectivity index (χ0v) is 17.8. The van der Waals surface area contributed by atoms with E-state index in [4.69, 9.17) is 15.2 Å². The second-order valence-electron chi connectivity index (χ2n) is 7.74. The molecule has 6 nitrogen and oxygen atoms in total. The monoisotopic (exact) mass is 424 g/mol. The van der Waals surface area contributed by atoms with Crippen LogP contribution >= 0.6 is 0 Å². The summed E-state index contributed by atoms with van der Waals surface area (Å²) in [5.74, 6) is 0.739. The van der Waals surface area contributed by atoms with Gasteiger partial charge >= 0.3 is 0 Å². The Balaban J connectivity index is 1.48. The predicted octanol–water partition coefficient (Wildman–Crippen LogP) is 5.38. The molecule has 5 rings (SSSR count). The Kier molecular flexibility index (Phi) is 5.25. The van der Waals surface area contributed by atoms with E-state index in [2.05, 4.69) is 51.5 Å². The summed E-state index contributed by atoms with van der Waals surface area (Å²) in [6.45, 7) is 0.239. The maximum atomic E-state index is 5.95. The lowest BCUT2D eigenvalue weighted by molar-refractivity contribution is 0.0830. The van der Waals surface area contributed by atoms with Gasteiger partial charge in [-0.15, -0.1) is 0 Å². The fraction of sp³-hybridized carbons (Fsp3) is 0.115. The Morgan fingerprint density at radius 1 is 1.06 bits per heavy atom. The average Bonchev–Trinajstić information content (AvgIpc) is 3.49. The number of hydrogen-bond acceptors (Lipinski definition) is 5. The maximum absolute atomic E-state index is 5.95. The van der Waals surface area contributed by atoms with Crippen LogP contribution in [0.2, 0.25) is 0 Å². The van der Waals surface area contributed by atoms with Gasteiger partial charge in [0.2, 0.25) is 6.79 Å². The summed E-state index contributed by atoms with van der Waals surface area (Å²) in [5.41, 5.74) is 12.8. The highest BCUT2D eigenvalue weighted by Gasteiger charge is 2.16. The van der Waals surface area contributed by atoms with Crippen LogP contribution in [0.15, 0.2) is 90.4 Å². The van der Waals surface area contributed by atoms with Gasteiger partial charge < -0.3 is 20.1 Å². The summed E-state index contributed by atoms with van der Waals surface area (Å²) in [6.07, 6.45) is 4.45. The van der Waals surface area contributed by atoms with Gasteiger partial charge in [-0.25, -0.2) is 0 Å². The Labute approximate surface area is 186 Å². The molecule has 1 aliphatic rings. The fourth-order valence-corrected chi connectivity index (χ4v) is 3.83. The first-order valence-electron chi connectivity index (χ1n) is 10.4. The highest BCUT2D eigenvalue weighted by Crippen LogP contribution is 2.30. The molecule has 1 aromatic heterocycles. The third kappa shape index (κ3) is 4.03. The van der Waals surface area contributed by atoms with Crippen molar-refractivity contribution < 1.29 is 9.47 Å². The third-order valence-electron chi connectivity index (χ3n) is 5.56. The normalized spacial score (nSPS) is 13.5. The number of ether oxygens (including phenoxy) is 2. The molecule has 0 amide bonds. The number of nitrogen functional groups attached to an aromatic ring is 1. The summed E-state index contributed by atoms with van der Waals surface area (Å²) in [6, 6.07) is 24.4. The molecule has 0 spiro atoms. The first-order chi connectivity index (χ1) is 15.7. The van der Waals surface area contributed by atoms with Crippen molar-refractivity contribution in [1.82, 2.24) is 10.2 Å². The van der Waals surface area contributed by atoms with Gasteiger partial charge in [-0.1, -0.05) is 36.4 Å². The number of nitrogens with two attached hydrogens (primary N) is 1. The van der Waals surface area contributed by atoms with Gasteiger partial charge in [-0.3, -0.25) is 5.10 Å². The molecule has 0 bridgehead atoms. The Morgan fingerprint density at radius 3 is 2.69 bits per heavy atom. The molecule has 160 valence electrons. The lowest BCUT2D eigenvalue weighted by Gasteiger charge is -2.20. The van der Waals surface area contributed by atoms with Crippen molar-refractivity contribution in [3.63, 3.8) is 0 Å². The van der Waals surface area contributed by atoms with E-state index in [1.54, 1.807) is 6.26 Å². The van der Waals surface area contributed by atoms with E-state index in [1.165, 1.54) is 5.56 Å². The Bertz CT molecular complexity index is 1310. The number of benzene rings is 3. The van der Waals surface area contributed by atoms with Crippen molar-refractivity contribution >= 4 is 34.0 Å². The van der Waals surface area contributed by atoms with Crippen LogP contribution in [-0.4, -0.2) is 24.0 Å². The summed E-state index contributed by atoms with van der Waals surface area (Å²) >= 11 is 0. The van der Waals surface area contributed by atoms with E-state index in [-0.39, 0.29) is 6.79 Å². The van der Waals surface area contributed by atoms with E-state index in [9.17, 15) is 0 Å². The number of rotatable bonds is 6. The smallest absolute Gasteiger partial charge is 0.230 e. The lowest BCUT2D eigenvalue weighted by atomic mass is 10.0.